The third kappa shape index (κ3) is 3.68. The van der Waals surface area contributed by atoms with E-state index in [-0.39, 0.29) is 17.8 Å². The number of carbonyl (C=O) groups is 1. The zero-order valence-corrected chi connectivity index (χ0v) is 13.1. The first-order chi connectivity index (χ1) is 9.94. The van der Waals surface area contributed by atoms with Gasteiger partial charge in [-0.05, 0) is 50.0 Å². The number of carbonyl (C=O) groups excluding carboxylic acids is 1. The van der Waals surface area contributed by atoms with E-state index in [9.17, 15) is 9.18 Å². The number of hydrogen-bond acceptors (Lipinski definition) is 3. The second-order valence-corrected chi connectivity index (χ2v) is 6.33. The van der Waals surface area contributed by atoms with E-state index in [0.29, 0.717) is 0 Å². The fraction of sp³-hybridized carbons (Fsp3) is 0.312. The lowest BCUT2D eigenvalue weighted by atomic mass is 10.0. The van der Waals surface area contributed by atoms with Crippen LogP contribution in [0, 0.1) is 5.82 Å². The molecule has 2 aromatic rings. The molecule has 3 nitrogen and oxygen atoms in total. The Morgan fingerprint density at radius 3 is 2.43 bits per heavy atom. The van der Waals surface area contributed by atoms with Crippen LogP contribution in [0.25, 0.3) is 0 Å². The van der Waals surface area contributed by atoms with Crippen molar-refractivity contribution < 1.29 is 9.18 Å². The molecule has 0 radical (unpaired) electrons. The molecule has 112 valence electrons. The Morgan fingerprint density at radius 1 is 1.24 bits per heavy atom. The Bertz CT molecular complexity index is 593. The van der Waals surface area contributed by atoms with E-state index < -0.39 is 5.54 Å². The van der Waals surface area contributed by atoms with Crippen molar-refractivity contribution in [1.29, 1.82) is 0 Å². The molecule has 1 aromatic carbocycles. The van der Waals surface area contributed by atoms with E-state index in [2.05, 4.69) is 10.6 Å². The standard InChI is InChI=1S/C16H19FN2OS/c1-16(2,18-3)15(20)19-14(13-5-4-10-21-13)11-6-8-12(17)9-7-11/h4-10,14,18H,1-3H3,(H,19,20). The van der Waals surface area contributed by atoms with Crippen molar-refractivity contribution in [2.24, 2.45) is 0 Å². The van der Waals surface area contributed by atoms with Gasteiger partial charge >= 0.3 is 0 Å². The summed E-state index contributed by atoms with van der Waals surface area (Å²) < 4.78 is 13.1. The zero-order valence-electron chi connectivity index (χ0n) is 12.3. The van der Waals surface area contributed by atoms with Crippen molar-refractivity contribution in [2.45, 2.75) is 25.4 Å². The minimum absolute atomic E-state index is 0.104. The van der Waals surface area contributed by atoms with Gasteiger partial charge in [0.1, 0.15) is 5.82 Å². The highest BCUT2D eigenvalue weighted by Crippen LogP contribution is 2.26. The molecule has 0 fully saturated rings. The van der Waals surface area contributed by atoms with Gasteiger partial charge in [-0.3, -0.25) is 4.79 Å². The Balaban J connectivity index is 2.30. The number of likely N-dealkylation sites (N-methyl/N-ethyl adjacent to an activating group) is 1. The van der Waals surface area contributed by atoms with Crippen molar-refractivity contribution in [3.8, 4) is 0 Å². The molecule has 21 heavy (non-hydrogen) atoms. The fourth-order valence-electron chi connectivity index (χ4n) is 1.85. The number of benzene rings is 1. The molecule has 0 bridgehead atoms. The molecule has 0 saturated heterocycles. The predicted molar refractivity (Wildman–Crippen MR) is 83.8 cm³/mol. The van der Waals surface area contributed by atoms with Gasteiger partial charge in [0.2, 0.25) is 5.91 Å². The molecule has 0 aliphatic carbocycles. The maximum absolute atomic E-state index is 13.1. The first-order valence-electron chi connectivity index (χ1n) is 6.73. The van der Waals surface area contributed by atoms with Crippen LogP contribution in [0.15, 0.2) is 41.8 Å². The van der Waals surface area contributed by atoms with E-state index in [1.165, 1.54) is 12.1 Å². The molecule has 0 aliphatic heterocycles. The lowest BCUT2D eigenvalue weighted by molar-refractivity contribution is -0.126. The number of amides is 1. The lowest BCUT2D eigenvalue weighted by Crippen LogP contribution is -2.51. The van der Waals surface area contributed by atoms with Gasteiger partial charge in [-0.2, -0.15) is 0 Å². The average molecular weight is 306 g/mol. The van der Waals surface area contributed by atoms with Crippen LogP contribution in [0.4, 0.5) is 4.39 Å². The van der Waals surface area contributed by atoms with Gasteiger partial charge in [-0.15, -0.1) is 11.3 Å². The minimum Gasteiger partial charge on any atom is -0.343 e. The molecular formula is C16H19FN2OS. The Labute approximate surface area is 128 Å². The van der Waals surface area contributed by atoms with Crippen molar-refractivity contribution in [1.82, 2.24) is 10.6 Å². The molecular weight excluding hydrogens is 287 g/mol. The summed E-state index contributed by atoms with van der Waals surface area (Å²) in [4.78, 5) is 13.4. The summed E-state index contributed by atoms with van der Waals surface area (Å²) in [6.07, 6.45) is 0. The monoisotopic (exact) mass is 306 g/mol. The molecule has 1 atom stereocenters. The van der Waals surface area contributed by atoms with Crippen LogP contribution < -0.4 is 10.6 Å². The summed E-state index contributed by atoms with van der Waals surface area (Å²) in [5.41, 5.74) is 0.189. The normalized spacial score (nSPS) is 13.0. The molecule has 2 N–H and O–H groups in total. The third-order valence-electron chi connectivity index (χ3n) is 3.50. The molecule has 1 unspecified atom stereocenters. The molecule has 1 amide bonds. The van der Waals surface area contributed by atoms with Crippen molar-refractivity contribution in [3.05, 3.63) is 58.0 Å². The summed E-state index contributed by atoms with van der Waals surface area (Å²) in [6, 6.07) is 9.85. The predicted octanol–water partition coefficient (Wildman–Crippen LogP) is 3.09. The van der Waals surface area contributed by atoms with Crippen LogP contribution in [-0.2, 0) is 4.79 Å². The zero-order chi connectivity index (χ0) is 15.5. The highest BCUT2D eigenvalue weighted by molar-refractivity contribution is 7.10. The summed E-state index contributed by atoms with van der Waals surface area (Å²) in [7, 11) is 1.75. The fourth-order valence-corrected chi connectivity index (χ4v) is 2.66. The molecule has 0 aliphatic rings. The number of halogens is 1. The summed E-state index contributed by atoms with van der Waals surface area (Å²) in [6.45, 7) is 3.64. The first kappa shape index (κ1) is 15.7. The number of rotatable bonds is 5. The first-order valence-corrected chi connectivity index (χ1v) is 7.61. The smallest absolute Gasteiger partial charge is 0.240 e. The van der Waals surface area contributed by atoms with Gasteiger partial charge < -0.3 is 10.6 Å². The van der Waals surface area contributed by atoms with Crippen molar-refractivity contribution >= 4 is 17.2 Å². The number of nitrogens with one attached hydrogen (secondary N) is 2. The van der Waals surface area contributed by atoms with Gasteiger partial charge in [0, 0.05) is 4.88 Å². The Hall–Kier alpha value is -1.72. The highest BCUT2D eigenvalue weighted by Gasteiger charge is 2.28. The summed E-state index contributed by atoms with van der Waals surface area (Å²) >= 11 is 1.56. The molecule has 1 heterocycles. The number of hydrogen-bond donors (Lipinski definition) is 2. The van der Waals surface area contributed by atoms with Crippen LogP contribution in [0.5, 0.6) is 0 Å². The topological polar surface area (TPSA) is 41.1 Å². The van der Waals surface area contributed by atoms with Crippen LogP contribution in [0.3, 0.4) is 0 Å². The van der Waals surface area contributed by atoms with Gasteiger partial charge in [0.15, 0.2) is 0 Å². The van der Waals surface area contributed by atoms with Crippen LogP contribution >= 0.6 is 11.3 Å². The van der Waals surface area contributed by atoms with Gasteiger partial charge in [-0.1, -0.05) is 18.2 Å². The van der Waals surface area contributed by atoms with Gasteiger partial charge in [0.05, 0.1) is 11.6 Å². The largest absolute Gasteiger partial charge is 0.343 e. The van der Waals surface area contributed by atoms with E-state index in [1.807, 2.05) is 31.4 Å². The van der Waals surface area contributed by atoms with Crippen LogP contribution in [0.1, 0.15) is 30.3 Å². The maximum Gasteiger partial charge on any atom is 0.240 e. The Kier molecular flexibility index (Phi) is 4.75. The second-order valence-electron chi connectivity index (χ2n) is 5.35. The molecule has 0 spiro atoms. The van der Waals surface area contributed by atoms with Crippen molar-refractivity contribution in [2.75, 3.05) is 7.05 Å². The average Bonchev–Trinajstić information content (AvgIpc) is 2.99. The lowest BCUT2D eigenvalue weighted by Gasteiger charge is -2.27. The minimum atomic E-state index is -0.671. The van der Waals surface area contributed by atoms with Gasteiger partial charge in [0.25, 0.3) is 0 Å². The summed E-state index contributed by atoms with van der Waals surface area (Å²) in [5, 5.41) is 7.98. The molecule has 0 saturated carbocycles. The third-order valence-corrected chi connectivity index (χ3v) is 4.44. The van der Waals surface area contributed by atoms with Crippen molar-refractivity contribution in [3.63, 3.8) is 0 Å². The Morgan fingerprint density at radius 2 is 1.90 bits per heavy atom. The molecule has 1 aromatic heterocycles. The van der Waals surface area contributed by atoms with E-state index in [0.717, 1.165) is 10.4 Å². The van der Waals surface area contributed by atoms with E-state index >= 15 is 0 Å². The molecule has 5 heteroatoms. The quantitative estimate of drug-likeness (QED) is 0.891. The highest BCUT2D eigenvalue weighted by atomic mass is 32.1. The summed E-state index contributed by atoms with van der Waals surface area (Å²) in [5.74, 6) is -0.390. The second kappa shape index (κ2) is 6.37. The number of thiophene rings is 1. The maximum atomic E-state index is 13.1. The molecule has 2 rings (SSSR count). The van der Waals surface area contributed by atoms with E-state index in [4.69, 9.17) is 0 Å². The van der Waals surface area contributed by atoms with Gasteiger partial charge in [-0.25, -0.2) is 4.39 Å². The van der Waals surface area contributed by atoms with E-state index in [1.54, 1.807) is 30.5 Å². The SMILES string of the molecule is CNC(C)(C)C(=O)NC(c1ccc(F)cc1)c1cccs1. The van der Waals surface area contributed by atoms with Crippen LogP contribution in [0.2, 0.25) is 0 Å². The van der Waals surface area contributed by atoms with Crippen LogP contribution in [-0.4, -0.2) is 18.5 Å².